The van der Waals surface area contributed by atoms with Crippen LogP contribution in [0.3, 0.4) is 0 Å². The fourth-order valence-electron chi connectivity index (χ4n) is 7.06. The minimum absolute atomic E-state index is 0. The number of fused-ring (bicyclic) bond motifs is 2. The Morgan fingerprint density at radius 2 is 1.01 bits per heavy atom. The summed E-state index contributed by atoms with van der Waals surface area (Å²) in [5, 5.41) is 0.925. The van der Waals surface area contributed by atoms with Crippen LogP contribution < -0.4 is 9.44 Å². The monoisotopic (exact) mass is 1120 g/mol. The van der Waals surface area contributed by atoms with Gasteiger partial charge in [0.15, 0.2) is 0 Å². The van der Waals surface area contributed by atoms with Crippen LogP contribution in [0.2, 0.25) is 10.0 Å². The highest BCUT2D eigenvalue weighted by atomic mass is 35.5. The minimum Gasteiger partial charge on any atom is -0.345 e. The van der Waals surface area contributed by atoms with Crippen molar-refractivity contribution in [2.24, 2.45) is 0 Å². The third-order valence-electron chi connectivity index (χ3n) is 10.4. The molecule has 24 heteroatoms. The first-order valence-corrected chi connectivity index (χ1v) is 28.5. The van der Waals surface area contributed by atoms with Gasteiger partial charge in [-0.05, 0) is 134 Å². The van der Waals surface area contributed by atoms with Gasteiger partial charge >= 0.3 is 0 Å². The Kier molecular flexibility index (Phi) is 18.3. The van der Waals surface area contributed by atoms with E-state index in [1.54, 1.807) is 50.2 Å². The summed E-state index contributed by atoms with van der Waals surface area (Å²) in [6.07, 6.45) is 2.10. The maximum Gasteiger partial charge on any atom is 0.266 e. The van der Waals surface area contributed by atoms with Gasteiger partial charge in [-0.3, -0.25) is 14.2 Å². The summed E-state index contributed by atoms with van der Waals surface area (Å²) < 4.78 is 131. The van der Waals surface area contributed by atoms with E-state index in [4.69, 9.17) is 34.8 Å². The number of carbonyl (C=O) groups is 2. The Morgan fingerprint density at radius 3 is 1.47 bits per heavy atom. The van der Waals surface area contributed by atoms with Crippen LogP contribution in [0.25, 0.3) is 21.8 Å². The van der Waals surface area contributed by atoms with Crippen molar-refractivity contribution in [3.63, 3.8) is 0 Å². The third kappa shape index (κ3) is 13.8. The van der Waals surface area contributed by atoms with Crippen molar-refractivity contribution in [1.29, 1.82) is 0 Å². The molecule has 14 nitrogen and oxygen atoms in total. The van der Waals surface area contributed by atoms with E-state index in [0.29, 0.717) is 37.5 Å². The van der Waals surface area contributed by atoms with E-state index in [0.717, 1.165) is 23.1 Å². The molecule has 3 N–H and O–H groups in total. The number of hydrogen-bond acceptors (Lipinski definition) is 10. The summed E-state index contributed by atoms with van der Waals surface area (Å²) in [6, 6.07) is 34.0. The number of benzene rings is 6. The predicted octanol–water partition coefficient (Wildman–Crippen LogP) is 9.65. The van der Waals surface area contributed by atoms with Gasteiger partial charge in [0, 0.05) is 46.8 Å². The quantitative estimate of drug-likeness (QED) is 0.0778. The first-order chi connectivity index (χ1) is 33.2. The van der Waals surface area contributed by atoms with Gasteiger partial charge < -0.3 is 4.98 Å². The fraction of sp³-hybridized carbons (Fsp3) is 0.125. The molecule has 0 bridgehead atoms. The summed E-state index contributed by atoms with van der Waals surface area (Å²) >= 11 is 17.0. The van der Waals surface area contributed by atoms with Gasteiger partial charge in [-0.1, -0.05) is 71.7 Å². The number of aromatic nitrogens is 2. The zero-order valence-corrected chi connectivity index (χ0v) is 43.7. The predicted molar refractivity (Wildman–Crippen MR) is 275 cm³/mol. The molecule has 0 aliphatic carbocycles. The Hall–Kier alpha value is -5.75. The van der Waals surface area contributed by atoms with Crippen molar-refractivity contribution in [3.8, 4) is 0 Å². The number of nitrogens with zero attached hydrogens (tertiary/aromatic N) is 1. The first kappa shape index (κ1) is 57.2. The van der Waals surface area contributed by atoms with Gasteiger partial charge in [0.05, 0.1) is 38.9 Å². The van der Waals surface area contributed by atoms with Crippen molar-refractivity contribution in [2.45, 2.75) is 45.8 Å². The lowest BCUT2D eigenvalue weighted by Crippen LogP contribution is -2.25. The van der Waals surface area contributed by atoms with Crippen LogP contribution in [0.1, 0.15) is 57.8 Å². The summed E-state index contributed by atoms with van der Waals surface area (Å²) in [6.45, 7) is 3.31. The molecule has 2 heterocycles. The molecule has 375 valence electrons. The second-order valence-electron chi connectivity index (χ2n) is 15.8. The van der Waals surface area contributed by atoms with E-state index >= 15 is 0 Å². The highest BCUT2D eigenvalue weighted by Crippen LogP contribution is 2.32. The van der Waals surface area contributed by atoms with Crippen molar-refractivity contribution in [3.05, 3.63) is 190 Å². The van der Waals surface area contributed by atoms with Crippen molar-refractivity contribution in [2.75, 3.05) is 12.5 Å². The van der Waals surface area contributed by atoms with Gasteiger partial charge in [0.25, 0.3) is 11.1 Å². The maximum atomic E-state index is 14.4. The normalized spacial score (nSPS) is 12.7. The topological polar surface area (TPSA) is 215 Å². The Bertz CT molecular complexity index is 3790. The molecular weight excluding hydrogens is 1080 g/mol. The molecule has 2 atom stereocenters. The van der Waals surface area contributed by atoms with Gasteiger partial charge in [-0.2, -0.15) is 0 Å². The number of hydrogen-bond donors (Lipinski definition) is 3. The summed E-state index contributed by atoms with van der Waals surface area (Å²) in [5.74, 6) is -2.21. The van der Waals surface area contributed by atoms with Crippen molar-refractivity contribution >= 4 is 116 Å². The van der Waals surface area contributed by atoms with Crippen LogP contribution in [0, 0.1) is 11.6 Å². The fourth-order valence-corrected chi connectivity index (χ4v) is 11.8. The van der Waals surface area contributed by atoms with Gasteiger partial charge in [0.2, 0.25) is 39.7 Å². The van der Waals surface area contributed by atoms with E-state index in [-0.39, 0.29) is 44.9 Å². The lowest BCUT2D eigenvalue weighted by Gasteiger charge is -2.14. The number of H-pyrrole nitrogens is 1. The Labute approximate surface area is 431 Å². The molecule has 0 amide bonds. The van der Waals surface area contributed by atoms with Gasteiger partial charge in [-0.15, -0.1) is 0 Å². The molecular formula is C48H41BCl3F2N4O10S4. The van der Waals surface area contributed by atoms with Crippen LogP contribution in [-0.2, 0) is 39.7 Å². The summed E-state index contributed by atoms with van der Waals surface area (Å²) in [5.41, 5.74) is 1.78. The highest BCUT2D eigenvalue weighted by Gasteiger charge is 2.29. The summed E-state index contributed by atoms with van der Waals surface area (Å²) in [4.78, 5) is 26.6. The maximum absolute atomic E-state index is 14.4. The Balaban J connectivity index is 0.000000228. The van der Waals surface area contributed by atoms with Crippen LogP contribution in [-0.4, -0.2) is 75.3 Å². The highest BCUT2D eigenvalue weighted by molar-refractivity contribution is 7.91. The van der Waals surface area contributed by atoms with Gasteiger partial charge in [0.1, 0.15) is 21.7 Å². The summed E-state index contributed by atoms with van der Waals surface area (Å²) in [7, 11) is -14.8. The molecule has 3 radical (unpaired) electrons. The molecule has 2 aromatic heterocycles. The molecule has 0 aliphatic heterocycles. The number of nitrogens with one attached hydrogen (secondary N) is 3. The second kappa shape index (κ2) is 23.0. The average molecular weight is 1120 g/mol. The number of rotatable bonds is 12. The largest absolute Gasteiger partial charge is 0.345 e. The third-order valence-corrected chi connectivity index (χ3v) is 16.1. The van der Waals surface area contributed by atoms with Crippen LogP contribution in [0.4, 0.5) is 8.78 Å². The first-order valence-electron chi connectivity index (χ1n) is 20.6. The Morgan fingerprint density at radius 1 is 0.569 bits per heavy atom. The zero-order chi connectivity index (χ0) is 52.2. The molecule has 8 aromatic rings. The second-order valence-corrected chi connectivity index (χ2v) is 24.4. The number of carbonyl (C=O) groups excluding carboxylic acids is 2. The molecule has 6 aromatic carbocycles. The average Bonchev–Trinajstić information content (AvgIpc) is 3.91. The van der Waals surface area contributed by atoms with Crippen molar-refractivity contribution < 1.29 is 52.0 Å². The molecule has 0 saturated carbocycles. The molecule has 0 spiro atoms. The SMILES string of the molecule is C[C@H](NS(C)(=O)=O)c1ccc(S(=O)(=O)c2cc3cc(Cl)ccc3[nH]2)cc1.C[C@H](NS(C)(=O)=O)c1ccc(S(=O)(=O)c2cc3cc(Cl)ccc3n2C(=O)c2ccccc2F)cc1.O=C(Cl)c1ccccc1F.[B]. The molecule has 0 aliphatic rings. The van der Waals surface area contributed by atoms with Crippen LogP contribution >= 0.6 is 34.8 Å². The zero-order valence-electron chi connectivity index (χ0n) is 38.1. The lowest BCUT2D eigenvalue weighted by atomic mass is 10.1. The molecule has 72 heavy (non-hydrogen) atoms. The minimum atomic E-state index is -4.25. The van der Waals surface area contributed by atoms with Gasteiger partial charge in [-0.25, -0.2) is 51.9 Å². The molecule has 8 rings (SSSR count). The lowest BCUT2D eigenvalue weighted by molar-refractivity contribution is 0.0951. The molecule has 0 unspecified atom stereocenters. The van der Waals surface area contributed by atoms with E-state index in [2.05, 4.69) is 14.4 Å². The number of halogens is 5. The molecule has 0 fully saturated rings. The smallest absolute Gasteiger partial charge is 0.266 e. The van der Waals surface area contributed by atoms with E-state index in [9.17, 15) is 52.0 Å². The number of sulfonamides is 2. The number of sulfone groups is 2. The number of aromatic amines is 1. The van der Waals surface area contributed by atoms with Crippen LogP contribution in [0.15, 0.2) is 165 Å². The van der Waals surface area contributed by atoms with Crippen molar-refractivity contribution in [1.82, 2.24) is 19.0 Å². The van der Waals surface area contributed by atoms with E-state index in [1.807, 2.05) is 0 Å². The standard InChI is InChI=1S/C24H20ClFN2O5S2.C17H17ClN2O4S2.C7H4ClFO.B/c1-15(27-34(2,30)31)16-7-10-19(11-8-16)35(32,33)23-14-17-13-18(25)9-12-22(17)28(23)24(29)20-5-3-4-6-21(20)26;1-11(20-25(2,21)22)12-3-6-15(7-4-12)26(23,24)17-10-13-9-14(18)5-8-16(13)19-17;8-7(10)5-3-1-2-4-6(5)9;/h3-15,27H,1-2H3;3-11,19-20H,1-2H3;1-4H;/t15-;11-;;/m00../s1. The van der Waals surface area contributed by atoms with Crippen LogP contribution in [0.5, 0.6) is 0 Å². The van der Waals surface area contributed by atoms with E-state index < -0.39 is 74.6 Å². The molecule has 0 saturated heterocycles. The van der Waals surface area contributed by atoms with E-state index in [1.165, 1.54) is 103 Å².